The van der Waals surface area contributed by atoms with Crippen molar-refractivity contribution in [2.45, 2.75) is 19.8 Å². The van der Waals surface area contributed by atoms with Crippen LogP contribution in [0.4, 0.5) is 17.5 Å². The van der Waals surface area contributed by atoms with E-state index >= 15 is 0 Å². The minimum absolute atomic E-state index is 0.0847. The lowest BCUT2D eigenvalue weighted by molar-refractivity contribution is -0.129. The van der Waals surface area contributed by atoms with Gasteiger partial charge in [-0.25, -0.2) is 19.9 Å². The number of benzene rings is 2. The average Bonchev–Trinajstić information content (AvgIpc) is 3.25. The van der Waals surface area contributed by atoms with Crippen molar-refractivity contribution in [1.29, 1.82) is 0 Å². The Bertz CT molecular complexity index is 1680. The highest BCUT2D eigenvalue weighted by molar-refractivity contribution is 5.94. The van der Waals surface area contributed by atoms with Crippen LogP contribution in [0.2, 0.25) is 0 Å². The molecule has 38 heavy (non-hydrogen) atoms. The number of rotatable bonds is 5. The Balaban J connectivity index is 1.28. The molecular weight excluding hydrogens is 478 g/mol. The first-order valence-corrected chi connectivity index (χ1v) is 12.7. The quantitative estimate of drug-likeness (QED) is 0.379. The van der Waals surface area contributed by atoms with Crippen molar-refractivity contribution in [3.8, 4) is 11.3 Å². The maximum atomic E-state index is 12.2. The fraction of sp³-hybridized carbons (Fsp3) is 0.286. The number of fused-ring (bicyclic) bond motifs is 2. The second-order valence-electron chi connectivity index (χ2n) is 9.95. The van der Waals surface area contributed by atoms with Gasteiger partial charge in [0.15, 0.2) is 0 Å². The highest BCUT2D eigenvalue weighted by Crippen LogP contribution is 2.30. The molecule has 1 N–H and O–H groups in total. The van der Waals surface area contributed by atoms with Gasteiger partial charge in [-0.1, -0.05) is 19.9 Å². The van der Waals surface area contributed by atoms with Crippen molar-refractivity contribution in [2.24, 2.45) is 7.05 Å². The van der Waals surface area contributed by atoms with Gasteiger partial charge in [-0.2, -0.15) is 5.10 Å². The van der Waals surface area contributed by atoms with E-state index in [1.54, 1.807) is 17.4 Å². The molecule has 1 fully saturated rings. The maximum absolute atomic E-state index is 12.2. The molecule has 0 bridgehead atoms. The van der Waals surface area contributed by atoms with Crippen molar-refractivity contribution in [3.63, 3.8) is 0 Å². The van der Waals surface area contributed by atoms with Gasteiger partial charge >= 0.3 is 0 Å². The van der Waals surface area contributed by atoms with Crippen LogP contribution >= 0.6 is 0 Å². The second kappa shape index (κ2) is 9.37. The first kappa shape index (κ1) is 23.8. The third kappa shape index (κ3) is 4.27. The van der Waals surface area contributed by atoms with Crippen LogP contribution in [-0.2, 0) is 11.8 Å². The number of nitrogens with one attached hydrogen (secondary N) is 1. The number of nitrogens with zero attached hydrogens (tertiary/aromatic N) is 8. The van der Waals surface area contributed by atoms with Crippen LogP contribution in [0.1, 0.15) is 25.5 Å². The van der Waals surface area contributed by atoms with E-state index in [2.05, 4.69) is 45.3 Å². The number of hydrogen-bond acceptors (Lipinski definition) is 8. The highest BCUT2D eigenvalue weighted by Gasteiger charge is 2.23. The summed E-state index contributed by atoms with van der Waals surface area (Å²) in [5, 5.41) is 10.0. The minimum atomic E-state index is 0.0847. The van der Waals surface area contributed by atoms with Crippen LogP contribution in [0.5, 0.6) is 0 Å². The highest BCUT2D eigenvalue weighted by atomic mass is 16.2. The van der Waals surface area contributed by atoms with E-state index < -0.39 is 0 Å². The summed E-state index contributed by atoms with van der Waals surface area (Å²) in [7, 11) is 3.82. The van der Waals surface area contributed by atoms with Gasteiger partial charge in [0.05, 0.1) is 23.3 Å². The molecule has 0 radical (unpaired) electrons. The van der Waals surface area contributed by atoms with E-state index in [9.17, 15) is 4.79 Å². The van der Waals surface area contributed by atoms with Gasteiger partial charge < -0.3 is 15.1 Å². The molecule has 0 saturated carbocycles. The molecule has 0 spiro atoms. The molecule has 10 nitrogen and oxygen atoms in total. The van der Waals surface area contributed by atoms with Gasteiger partial charge in [0.25, 0.3) is 0 Å². The Morgan fingerprint density at radius 3 is 2.61 bits per heavy atom. The summed E-state index contributed by atoms with van der Waals surface area (Å²) in [5.74, 6) is 1.71. The SMILES string of the molecule is CC(C)c1c2cc(-c3ccnc(Nc4ccc5c(N6CCN(C)C(=O)C6)ncnc5c4)n3)ccc2nn1C. The van der Waals surface area contributed by atoms with Crippen molar-refractivity contribution in [2.75, 3.05) is 36.9 Å². The Hall–Kier alpha value is -4.60. The number of amides is 1. The van der Waals surface area contributed by atoms with Gasteiger partial charge in [0.2, 0.25) is 11.9 Å². The number of aromatic nitrogens is 6. The summed E-state index contributed by atoms with van der Waals surface area (Å²) in [6.45, 7) is 6.07. The monoisotopic (exact) mass is 507 g/mol. The van der Waals surface area contributed by atoms with Gasteiger partial charge in [-0.3, -0.25) is 9.48 Å². The number of anilines is 3. The molecule has 0 unspecified atom stereocenters. The van der Waals surface area contributed by atoms with E-state index in [0.29, 0.717) is 25.0 Å². The molecule has 1 amide bonds. The Labute approximate surface area is 220 Å². The summed E-state index contributed by atoms with van der Waals surface area (Å²) in [6.07, 6.45) is 3.30. The topological polar surface area (TPSA) is 105 Å². The molecule has 0 aliphatic carbocycles. The lowest BCUT2D eigenvalue weighted by Crippen LogP contribution is -2.48. The molecule has 6 rings (SSSR count). The van der Waals surface area contributed by atoms with Gasteiger partial charge in [-0.05, 0) is 42.3 Å². The molecule has 1 aliphatic rings. The van der Waals surface area contributed by atoms with Gasteiger partial charge in [-0.15, -0.1) is 0 Å². The summed E-state index contributed by atoms with van der Waals surface area (Å²) in [5.41, 5.74) is 5.62. The number of piperazine rings is 1. The fourth-order valence-corrected chi connectivity index (χ4v) is 5.08. The molecule has 5 aromatic rings. The second-order valence-corrected chi connectivity index (χ2v) is 9.95. The van der Waals surface area contributed by atoms with Crippen molar-refractivity contribution in [1.82, 2.24) is 34.6 Å². The predicted molar refractivity (Wildman–Crippen MR) is 148 cm³/mol. The molecule has 3 aromatic heterocycles. The molecule has 1 saturated heterocycles. The molecular formula is C28H29N9O. The molecule has 0 atom stereocenters. The van der Waals surface area contributed by atoms with Crippen LogP contribution in [-0.4, -0.2) is 67.2 Å². The summed E-state index contributed by atoms with van der Waals surface area (Å²) < 4.78 is 1.96. The number of likely N-dealkylation sites (N-methyl/N-ethyl adjacent to an activating group) is 1. The Kier molecular flexibility index (Phi) is 5.86. The largest absolute Gasteiger partial charge is 0.345 e. The number of aryl methyl sites for hydroxylation is 1. The number of carbonyl (C=O) groups is 1. The lowest BCUT2D eigenvalue weighted by atomic mass is 10.0. The predicted octanol–water partition coefficient (Wildman–Crippen LogP) is 4.12. The zero-order valence-electron chi connectivity index (χ0n) is 21.9. The molecule has 4 heterocycles. The summed E-state index contributed by atoms with van der Waals surface area (Å²) in [4.78, 5) is 34.1. The van der Waals surface area contributed by atoms with E-state index in [4.69, 9.17) is 4.98 Å². The standard InChI is InChI=1S/C28H29N9O/c1-17(2)26-21-13-18(5-8-23(21)34-36(26)4)22-9-10-29-28(33-22)32-19-6-7-20-24(14-19)30-16-31-27(20)37-12-11-35(3)25(38)15-37/h5-10,13-14,16-17H,11-12,15H2,1-4H3,(H,29,32,33). The third-order valence-corrected chi connectivity index (χ3v) is 7.01. The first-order chi connectivity index (χ1) is 18.4. The van der Waals surface area contributed by atoms with Crippen LogP contribution in [0.25, 0.3) is 33.1 Å². The zero-order chi connectivity index (χ0) is 26.4. The molecule has 10 heteroatoms. The van der Waals surface area contributed by atoms with E-state index in [-0.39, 0.29) is 5.91 Å². The van der Waals surface area contributed by atoms with Crippen molar-refractivity contribution >= 4 is 45.2 Å². The summed E-state index contributed by atoms with van der Waals surface area (Å²) >= 11 is 0. The smallest absolute Gasteiger partial charge is 0.241 e. The van der Waals surface area contributed by atoms with Gasteiger partial charge in [0.1, 0.15) is 12.1 Å². The van der Waals surface area contributed by atoms with Crippen LogP contribution in [0, 0.1) is 0 Å². The van der Waals surface area contributed by atoms with Crippen molar-refractivity contribution < 1.29 is 4.79 Å². The first-order valence-electron chi connectivity index (χ1n) is 12.7. The zero-order valence-corrected chi connectivity index (χ0v) is 21.9. The number of carbonyl (C=O) groups excluding carboxylic acids is 1. The minimum Gasteiger partial charge on any atom is -0.345 e. The maximum Gasteiger partial charge on any atom is 0.241 e. The average molecular weight is 508 g/mol. The number of hydrogen-bond donors (Lipinski definition) is 1. The van der Waals surface area contributed by atoms with Crippen LogP contribution < -0.4 is 10.2 Å². The fourth-order valence-electron chi connectivity index (χ4n) is 5.08. The van der Waals surface area contributed by atoms with E-state index in [0.717, 1.165) is 51.1 Å². The Morgan fingerprint density at radius 1 is 0.921 bits per heavy atom. The molecule has 192 valence electrons. The van der Waals surface area contributed by atoms with Crippen molar-refractivity contribution in [3.05, 3.63) is 60.7 Å². The van der Waals surface area contributed by atoms with E-state index in [1.807, 2.05) is 60.1 Å². The van der Waals surface area contributed by atoms with Gasteiger partial charge in [0, 0.05) is 61.1 Å². The summed E-state index contributed by atoms with van der Waals surface area (Å²) in [6, 6.07) is 14.0. The van der Waals surface area contributed by atoms with Crippen LogP contribution in [0.15, 0.2) is 55.0 Å². The lowest BCUT2D eigenvalue weighted by Gasteiger charge is -2.33. The van der Waals surface area contributed by atoms with Crippen LogP contribution in [0.3, 0.4) is 0 Å². The Morgan fingerprint density at radius 2 is 1.79 bits per heavy atom. The molecule has 2 aromatic carbocycles. The third-order valence-electron chi connectivity index (χ3n) is 7.01. The van der Waals surface area contributed by atoms with E-state index in [1.165, 1.54) is 5.69 Å². The normalized spacial score (nSPS) is 14.2. The molecule has 1 aliphatic heterocycles.